The highest BCUT2D eigenvalue weighted by atomic mass is 79.9. The van der Waals surface area contributed by atoms with Crippen LogP contribution in [0.2, 0.25) is 4.34 Å². The molecule has 4 nitrogen and oxygen atoms in total. The third-order valence-corrected chi connectivity index (χ3v) is 4.90. The van der Waals surface area contributed by atoms with Crippen molar-refractivity contribution in [2.24, 2.45) is 5.10 Å². The Morgan fingerprint density at radius 2 is 2.13 bits per heavy atom. The second-order valence-corrected chi connectivity index (χ2v) is 7.95. The van der Waals surface area contributed by atoms with Gasteiger partial charge in [-0.25, -0.2) is 4.98 Å². The van der Waals surface area contributed by atoms with E-state index in [-0.39, 0.29) is 11.5 Å². The van der Waals surface area contributed by atoms with Crippen LogP contribution in [0, 0.1) is 0 Å². The molecule has 0 spiro atoms. The van der Waals surface area contributed by atoms with Gasteiger partial charge in [0.05, 0.1) is 21.5 Å². The first-order chi connectivity index (χ1) is 11.0. The summed E-state index contributed by atoms with van der Waals surface area (Å²) in [5, 5.41) is 4.88. The van der Waals surface area contributed by atoms with E-state index in [1.165, 1.54) is 16.0 Å². The molecule has 23 heavy (non-hydrogen) atoms. The SMILES string of the molecule is CC(C)c1nc2ccc(Br)cc2c(=O)n1N=Cc1ccc(Cl)s1. The molecule has 0 N–H and O–H groups in total. The minimum atomic E-state index is -0.182. The number of thiophene rings is 1. The highest BCUT2D eigenvalue weighted by Crippen LogP contribution is 2.21. The largest absolute Gasteiger partial charge is 0.282 e. The van der Waals surface area contributed by atoms with Crippen LogP contribution in [0.15, 0.2) is 44.7 Å². The smallest absolute Gasteiger partial charge is 0.267 e. The summed E-state index contributed by atoms with van der Waals surface area (Å²) in [6.07, 6.45) is 1.63. The zero-order valence-electron chi connectivity index (χ0n) is 12.5. The lowest BCUT2D eigenvalue weighted by Gasteiger charge is -2.11. The van der Waals surface area contributed by atoms with Crippen molar-refractivity contribution < 1.29 is 0 Å². The van der Waals surface area contributed by atoms with Gasteiger partial charge < -0.3 is 0 Å². The number of halogens is 2. The van der Waals surface area contributed by atoms with E-state index in [1.807, 2.05) is 32.0 Å². The Labute approximate surface area is 150 Å². The monoisotopic (exact) mass is 409 g/mol. The fourth-order valence-electron chi connectivity index (χ4n) is 2.16. The highest BCUT2D eigenvalue weighted by molar-refractivity contribution is 9.10. The molecule has 1 aromatic carbocycles. The predicted molar refractivity (Wildman–Crippen MR) is 100 cm³/mol. The van der Waals surface area contributed by atoms with Crippen molar-refractivity contribution in [1.29, 1.82) is 0 Å². The summed E-state index contributed by atoms with van der Waals surface area (Å²) in [5.41, 5.74) is 0.492. The maximum absolute atomic E-state index is 12.8. The number of benzene rings is 1. The summed E-state index contributed by atoms with van der Waals surface area (Å²) in [4.78, 5) is 18.3. The van der Waals surface area contributed by atoms with Crippen molar-refractivity contribution in [1.82, 2.24) is 9.66 Å². The molecule has 2 heterocycles. The molecule has 0 aliphatic heterocycles. The Balaban J connectivity index is 2.20. The topological polar surface area (TPSA) is 47.2 Å². The molecule has 0 bridgehead atoms. The van der Waals surface area contributed by atoms with E-state index in [9.17, 15) is 4.79 Å². The predicted octanol–water partition coefficient (Wildman–Crippen LogP) is 4.88. The molecule has 0 unspecified atom stereocenters. The second kappa shape index (κ2) is 6.55. The molecule has 0 aliphatic rings. The lowest BCUT2D eigenvalue weighted by Crippen LogP contribution is -2.23. The van der Waals surface area contributed by atoms with Gasteiger partial charge in [0.25, 0.3) is 5.56 Å². The maximum atomic E-state index is 12.8. The van der Waals surface area contributed by atoms with Gasteiger partial charge in [0.2, 0.25) is 0 Å². The molecule has 0 fully saturated rings. The Bertz CT molecular complexity index is 962. The van der Waals surface area contributed by atoms with Gasteiger partial charge in [0.15, 0.2) is 0 Å². The first-order valence-electron chi connectivity index (χ1n) is 6.97. The van der Waals surface area contributed by atoms with Gasteiger partial charge in [0.1, 0.15) is 5.82 Å². The summed E-state index contributed by atoms with van der Waals surface area (Å²) < 4.78 is 2.89. The molecule has 0 amide bonds. The highest BCUT2D eigenvalue weighted by Gasteiger charge is 2.13. The number of hydrogen-bond acceptors (Lipinski definition) is 4. The first-order valence-corrected chi connectivity index (χ1v) is 8.96. The molecule has 3 rings (SSSR count). The van der Waals surface area contributed by atoms with Crippen molar-refractivity contribution in [2.45, 2.75) is 19.8 Å². The van der Waals surface area contributed by atoms with Gasteiger partial charge in [-0.05, 0) is 30.3 Å². The summed E-state index contributed by atoms with van der Waals surface area (Å²) in [7, 11) is 0. The number of nitrogens with zero attached hydrogens (tertiary/aromatic N) is 3. The molecule has 3 aromatic rings. The van der Waals surface area contributed by atoms with Crippen molar-refractivity contribution in [3.8, 4) is 0 Å². The summed E-state index contributed by atoms with van der Waals surface area (Å²) >= 11 is 10.7. The minimum Gasteiger partial charge on any atom is -0.267 e. The van der Waals surface area contributed by atoms with Crippen molar-refractivity contribution in [3.05, 3.63) is 60.2 Å². The van der Waals surface area contributed by atoms with Gasteiger partial charge >= 0.3 is 0 Å². The van der Waals surface area contributed by atoms with Gasteiger partial charge in [-0.1, -0.05) is 41.4 Å². The molecular weight excluding hydrogens is 398 g/mol. The van der Waals surface area contributed by atoms with E-state index in [2.05, 4.69) is 26.0 Å². The molecule has 0 saturated carbocycles. The van der Waals surface area contributed by atoms with Crippen molar-refractivity contribution in [3.63, 3.8) is 0 Å². The molecular formula is C16H13BrClN3OS. The van der Waals surface area contributed by atoms with Crippen LogP contribution in [0.5, 0.6) is 0 Å². The van der Waals surface area contributed by atoms with Crippen LogP contribution in [0.1, 0.15) is 30.5 Å². The zero-order chi connectivity index (χ0) is 16.6. The average Bonchev–Trinajstić information content (AvgIpc) is 2.92. The average molecular weight is 411 g/mol. The van der Waals surface area contributed by atoms with Gasteiger partial charge in [-0.3, -0.25) is 4.79 Å². The molecule has 0 radical (unpaired) electrons. The zero-order valence-corrected chi connectivity index (χ0v) is 15.6. The van der Waals surface area contributed by atoms with E-state index in [0.29, 0.717) is 21.1 Å². The maximum Gasteiger partial charge on any atom is 0.282 e. The minimum absolute atomic E-state index is 0.0693. The molecule has 0 atom stereocenters. The van der Waals surface area contributed by atoms with Crippen LogP contribution in [0.3, 0.4) is 0 Å². The van der Waals surface area contributed by atoms with E-state index in [1.54, 1.807) is 18.3 Å². The van der Waals surface area contributed by atoms with E-state index in [4.69, 9.17) is 11.6 Å². The van der Waals surface area contributed by atoms with Crippen molar-refractivity contribution in [2.75, 3.05) is 0 Å². The summed E-state index contributed by atoms with van der Waals surface area (Å²) in [6, 6.07) is 9.14. The Hall–Kier alpha value is -1.50. The number of aromatic nitrogens is 2. The van der Waals surface area contributed by atoms with E-state index in [0.717, 1.165) is 9.35 Å². The van der Waals surface area contributed by atoms with Crippen molar-refractivity contribution >= 4 is 56.0 Å². The summed E-state index contributed by atoms with van der Waals surface area (Å²) in [5.74, 6) is 0.698. The molecule has 7 heteroatoms. The third-order valence-electron chi connectivity index (χ3n) is 3.24. The molecule has 2 aromatic heterocycles. The first kappa shape index (κ1) is 16.4. The fraction of sp³-hybridized carbons (Fsp3) is 0.188. The molecule has 118 valence electrons. The third kappa shape index (κ3) is 3.39. The number of hydrogen-bond donors (Lipinski definition) is 0. The Morgan fingerprint density at radius 3 is 2.78 bits per heavy atom. The molecule has 0 saturated heterocycles. The van der Waals surface area contributed by atoms with Crippen LogP contribution in [-0.2, 0) is 0 Å². The fourth-order valence-corrected chi connectivity index (χ4v) is 3.45. The summed E-state index contributed by atoms with van der Waals surface area (Å²) in [6.45, 7) is 3.97. The van der Waals surface area contributed by atoms with Gasteiger partial charge in [-0.15, -0.1) is 11.3 Å². The van der Waals surface area contributed by atoms with Crippen LogP contribution in [-0.4, -0.2) is 15.9 Å². The van der Waals surface area contributed by atoms with Crippen LogP contribution in [0.25, 0.3) is 10.9 Å². The van der Waals surface area contributed by atoms with Crippen LogP contribution in [0.4, 0.5) is 0 Å². The van der Waals surface area contributed by atoms with Gasteiger partial charge in [-0.2, -0.15) is 9.78 Å². The Morgan fingerprint density at radius 1 is 1.35 bits per heavy atom. The Kier molecular flexibility index (Phi) is 4.66. The van der Waals surface area contributed by atoms with Crippen LogP contribution < -0.4 is 5.56 Å². The van der Waals surface area contributed by atoms with E-state index < -0.39 is 0 Å². The lowest BCUT2D eigenvalue weighted by atomic mass is 10.2. The van der Waals surface area contributed by atoms with Crippen LogP contribution >= 0.6 is 38.9 Å². The standard InChI is InChI=1S/C16H13BrClN3OS/c1-9(2)15-20-13-5-3-10(17)7-12(13)16(22)21(15)19-8-11-4-6-14(18)23-11/h3-9H,1-2H3. The lowest BCUT2D eigenvalue weighted by molar-refractivity contribution is 0.665. The molecule has 0 aliphatic carbocycles. The second-order valence-electron chi connectivity index (χ2n) is 5.29. The normalized spacial score (nSPS) is 11.9. The number of fused-ring (bicyclic) bond motifs is 1. The van der Waals surface area contributed by atoms with Gasteiger partial charge in [0, 0.05) is 15.3 Å². The number of rotatable bonds is 3. The quantitative estimate of drug-likeness (QED) is 0.578. The van der Waals surface area contributed by atoms with E-state index >= 15 is 0 Å².